The molecular weight excluding hydrogens is 204 g/mol. The highest BCUT2D eigenvalue weighted by molar-refractivity contribution is 6.08. The lowest BCUT2D eigenvalue weighted by molar-refractivity contribution is -0.111. The van der Waals surface area contributed by atoms with Gasteiger partial charge in [0.05, 0.1) is 0 Å². The highest BCUT2D eigenvalue weighted by Crippen LogP contribution is 2.20. The molecule has 0 atom stereocenters. The van der Waals surface area contributed by atoms with Crippen LogP contribution in [0.2, 0.25) is 0 Å². The molecule has 2 aliphatic carbocycles. The Morgan fingerprint density at radius 3 is 1.44 bits per heavy atom. The predicted octanol–water partition coefficient (Wildman–Crippen LogP) is 1.15. The van der Waals surface area contributed by atoms with Crippen molar-refractivity contribution in [2.24, 2.45) is 0 Å². The minimum Gasteiger partial charge on any atom is -0.290 e. The molecule has 0 fully saturated rings. The van der Waals surface area contributed by atoms with E-state index in [2.05, 4.69) is 0 Å². The zero-order chi connectivity index (χ0) is 12.0. The smallest absolute Gasteiger partial charge is 0.181 e. The van der Waals surface area contributed by atoms with Gasteiger partial charge in [-0.2, -0.15) is 10.5 Å². The van der Waals surface area contributed by atoms with Crippen LogP contribution in [0.5, 0.6) is 0 Å². The van der Waals surface area contributed by atoms with Crippen molar-refractivity contribution in [3.05, 3.63) is 47.6 Å². The first-order chi connectivity index (χ1) is 7.67. The van der Waals surface area contributed by atoms with Crippen LogP contribution in [0.15, 0.2) is 47.6 Å². The van der Waals surface area contributed by atoms with E-state index in [0.29, 0.717) is 0 Å². The molecule has 0 spiro atoms. The molecule has 0 saturated carbocycles. The molecule has 0 bridgehead atoms. The van der Waals surface area contributed by atoms with Gasteiger partial charge in [-0.25, -0.2) is 0 Å². The molecule has 0 radical (unpaired) electrons. The van der Waals surface area contributed by atoms with E-state index in [1.807, 2.05) is 0 Å². The van der Waals surface area contributed by atoms with Crippen LogP contribution in [0, 0.1) is 22.7 Å². The number of nitrogens with zero attached hydrogens (tertiary/aromatic N) is 2. The Labute approximate surface area is 92.1 Å². The van der Waals surface area contributed by atoms with Crippen molar-refractivity contribution in [3.8, 4) is 12.1 Å². The molecule has 4 heteroatoms. The summed E-state index contributed by atoms with van der Waals surface area (Å²) in [6.45, 7) is 0. The van der Waals surface area contributed by atoms with Gasteiger partial charge in [0.25, 0.3) is 0 Å². The fourth-order valence-electron chi connectivity index (χ4n) is 1.20. The van der Waals surface area contributed by atoms with Gasteiger partial charge < -0.3 is 0 Å². The summed E-state index contributed by atoms with van der Waals surface area (Å²) in [5.41, 5.74) is 1.64. The second-order valence-electron chi connectivity index (χ2n) is 2.89. The maximum absolute atomic E-state index is 10.9. The van der Waals surface area contributed by atoms with E-state index in [9.17, 15) is 9.59 Å². The molecule has 0 heterocycles. The summed E-state index contributed by atoms with van der Waals surface area (Å²) in [6.07, 6.45) is 9.30. The van der Waals surface area contributed by atoms with Crippen LogP contribution in [0.4, 0.5) is 0 Å². The molecular formula is C12H6N2O2. The zero-order valence-corrected chi connectivity index (χ0v) is 8.18. The first kappa shape index (κ1) is 11.4. The number of nitriles is 2. The SMILES string of the molecule is N#CC#N.O=C1C=CC2=CC(=O)C=CC2=C1. The van der Waals surface area contributed by atoms with E-state index in [1.165, 1.54) is 36.4 Å². The predicted molar refractivity (Wildman–Crippen MR) is 55.7 cm³/mol. The van der Waals surface area contributed by atoms with Gasteiger partial charge in [-0.3, -0.25) is 9.59 Å². The van der Waals surface area contributed by atoms with E-state index >= 15 is 0 Å². The van der Waals surface area contributed by atoms with Crippen molar-refractivity contribution >= 4 is 11.6 Å². The quantitative estimate of drug-likeness (QED) is 0.600. The summed E-state index contributed by atoms with van der Waals surface area (Å²) in [7, 11) is 0. The van der Waals surface area contributed by atoms with Crippen molar-refractivity contribution in [1.29, 1.82) is 10.5 Å². The van der Waals surface area contributed by atoms with Crippen molar-refractivity contribution in [3.63, 3.8) is 0 Å². The number of allylic oxidation sites excluding steroid dienone is 8. The molecule has 0 aromatic rings. The first-order valence-electron chi connectivity index (χ1n) is 4.33. The maximum atomic E-state index is 10.9. The Morgan fingerprint density at radius 2 is 1.12 bits per heavy atom. The molecule has 0 N–H and O–H groups in total. The van der Waals surface area contributed by atoms with Crippen LogP contribution < -0.4 is 0 Å². The minimum atomic E-state index is -0.0267. The third-order valence-corrected chi connectivity index (χ3v) is 1.83. The molecule has 16 heavy (non-hydrogen) atoms. The Morgan fingerprint density at radius 1 is 0.750 bits per heavy atom. The van der Waals surface area contributed by atoms with Gasteiger partial charge in [-0.1, -0.05) is 12.2 Å². The molecule has 76 valence electrons. The van der Waals surface area contributed by atoms with Crippen LogP contribution in [0.1, 0.15) is 0 Å². The number of fused-ring (bicyclic) bond motifs is 1. The van der Waals surface area contributed by atoms with Crippen LogP contribution in [0.3, 0.4) is 0 Å². The average molecular weight is 210 g/mol. The number of hydrogen-bond acceptors (Lipinski definition) is 4. The molecule has 0 amide bonds. The molecule has 2 aliphatic rings. The number of rotatable bonds is 0. The van der Waals surface area contributed by atoms with Crippen LogP contribution >= 0.6 is 0 Å². The van der Waals surface area contributed by atoms with Crippen molar-refractivity contribution in [1.82, 2.24) is 0 Å². The summed E-state index contributed by atoms with van der Waals surface area (Å²) in [5, 5.41) is 14.5. The summed E-state index contributed by atoms with van der Waals surface area (Å²) < 4.78 is 0. The van der Waals surface area contributed by atoms with Crippen LogP contribution in [0.25, 0.3) is 0 Å². The molecule has 0 unspecified atom stereocenters. The molecule has 2 rings (SSSR count). The van der Waals surface area contributed by atoms with Crippen molar-refractivity contribution < 1.29 is 9.59 Å². The highest BCUT2D eigenvalue weighted by Gasteiger charge is 2.11. The number of carbonyl (C=O) groups is 2. The lowest BCUT2D eigenvalue weighted by Gasteiger charge is -2.09. The molecule has 0 saturated heterocycles. The summed E-state index contributed by atoms with van der Waals surface area (Å²) in [6, 6.07) is 2.47. The Kier molecular flexibility index (Phi) is 3.71. The van der Waals surface area contributed by atoms with Gasteiger partial charge in [0, 0.05) is 0 Å². The Bertz CT molecular complexity index is 484. The molecule has 0 aromatic heterocycles. The Hall–Kier alpha value is -2.72. The monoisotopic (exact) mass is 210 g/mol. The summed E-state index contributed by atoms with van der Waals surface area (Å²) in [5.74, 6) is -0.0534. The third-order valence-electron chi connectivity index (χ3n) is 1.83. The largest absolute Gasteiger partial charge is 0.290 e. The van der Waals surface area contributed by atoms with Gasteiger partial charge >= 0.3 is 0 Å². The normalized spacial score (nSPS) is 15.9. The first-order valence-corrected chi connectivity index (χ1v) is 4.33. The van der Waals surface area contributed by atoms with E-state index < -0.39 is 0 Å². The van der Waals surface area contributed by atoms with Crippen LogP contribution in [-0.4, -0.2) is 11.6 Å². The van der Waals surface area contributed by atoms with E-state index in [-0.39, 0.29) is 11.6 Å². The standard InChI is InChI=1S/C10H6O2.C2N2/c11-9-3-1-7-5-10(12)4-2-8(7)6-9;3-1-2-4/h1-6H;. The van der Waals surface area contributed by atoms with E-state index in [0.717, 1.165) is 11.1 Å². The molecule has 0 aromatic carbocycles. The lowest BCUT2D eigenvalue weighted by Crippen LogP contribution is -2.03. The summed E-state index contributed by atoms with van der Waals surface area (Å²) in [4.78, 5) is 21.8. The zero-order valence-electron chi connectivity index (χ0n) is 8.18. The minimum absolute atomic E-state index is 0.0267. The second-order valence-corrected chi connectivity index (χ2v) is 2.89. The highest BCUT2D eigenvalue weighted by atomic mass is 16.1. The van der Waals surface area contributed by atoms with Gasteiger partial charge in [0.15, 0.2) is 23.7 Å². The summed E-state index contributed by atoms with van der Waals surface area (Å²) >= 11 is 0. The third kappa shape index (κ3) is 2.90. The Balaban J connectivity index is 0.000000280. The van der Waals surface area contributed by atoms with Gasteiger partial charge in [0.1, 0.15) is 0 Å². The van der Waals surface area contributed by atoms with Crippen molar-refractivity contribution in [2.75, 3.05) is 0 Å². The maximum Gasteiger partial charge on any atom is 0.181 e. The molecule has 4 nitrogen and oxygen atoms in total. The topological polar surface area (TPSA) is 81.7 Å². The van der Waals surface area contributed by atoms with Gasteiger partial charge in [0.2, 0.25) is 0 Å². The second kappa shape index (κ2) is 5.23. The fraction of sp³-hybridized carbons (Fsp3) is 0. The average Bonchev–Trinajstić information content (AvgIpc) is 2.30. The van der Waals surface area contributed by atoms with Gasteiger partial charge in [-0.15, -0.1) is 0 Å². The van der Waals surface area contributed by atoms with E-state index in [1.54, 1.807) is 12.2 Å². The number of carbonyl (C=O) groups excluding carboxylic acids is 2. The van der Waals surface area contributed by atoms with E-state index in [4.69, 9.17) is 10.5 Å². The number of hydrogen-bond donors (Lipinski definition) is 0. The van der Waals surface area contributed by atoms with Gasteiger partial charge in [-0.05, 0) is 35.5 Å². The van der Waals surface area contributed by atoms with Crippen LogP contribution in [-0.2, 0) is 9.59 Å². The lowest BCUT2D eigenvalue weighted by atomic mass is 9.94. The molecule has 0 aliphatic heterocycles. The van der Waals surface area contributed by atoms with Crippen molar-refractivity contribution in [2.45, 2.75) is 0 Å². The fourth-order valence-corrected chi connectivity index (χ4v) is 1.20. The number of ketones is 2.